The third-order valence-electron chi connectivity index (χ3n) is 1.73. The first kappa shape index (κ1) is 8.53. The molecule has 0 spiro atoms. The molecule has 0 saturated carbocycles. The Kier molecular flexibility index (Phi) is 2.68. The van der Waals surface area contributed by atoms with E-state index in [0.29, 0.717) is 0 Å². The van der Waals surface area contributed by atoms with Crippen LogP contribution in [0.25, 0.3) is 0 Å². The zero-order valence-electron chi connectivity index (χ0n) is 6.46. The van der Waals surface area contributed by atoms with E-state index >= 15 is 0 Å². The highest BCUT2D eigenvalue weighted by molar-refractivity contribution is 9.10. The molecule has 1 aliphatic heterocycles. The second kappa shape index (κ2) is 3.77. The normalized spacial score (nSPS) is 17.4. The third kappa shape index (κ3) is 2.00. The van der Waals surface area contributed by atoms with Crippen LogP contribution in [0.1, 0.15) is 0 Å². The van der Waals surface area contributed by atoms with E-state index in [-0.39, 0.29) is 0 Å². The molecule has 1 saturated heterocycles. The molecule has 2 rings (SSSR count). The number of hydrogen-bond donors (Lipinski definition) is 1. The lowest BCUT2D eigenvalue weighted by Gasteiger charge is -2.25. The number of halogens is 1. The maximum absolute atomic E-state index is 4.29. The molecule has 0 unspecified atom stereocenters. The summed E-state index contributed by atoms with van der Waals surface area (Å²) in [7, 11) is 0. The fourth-order valence-electron chi connectivity index (χ4n) is 0.948. The van der Waals surface area contributed by atoms with Gasteiger partial charge in [0.25, 0.3) is 0 Å². The Morgan fingerprint density at radius 1 is 1.50 bits per heavy atom. The van der Waals surface area contributed by atoms with Crippen LogP contribution in [-0.2, 0) is 0 Å². The van der Waals surface area contributed by atoms with E-state index in [2.05, 4.69) is 26.2 Å². The van der Waals surface area contributed by atoms with Crippen molar-refractivity contribution >= 4 is 27.7 Å². The Morgan fingerprint density at radius 2 is 2.33 bits per heavy atom. The van der Waals surface area contributed by atoms with E-state index in [1.54, 1.807) is 0 Å². The zero-order chi connectivity index (χ0) is 8.39. The molecule has 1 fully saturated rings. The second-order valence-electron chi connectivity index (χ2n) is 2.71. The molecule has 0 bridgehead atoms. The largest absolute Gasteiger partial charge is 0.314 e. The van der Waals surface area contributed by atoms with Crippen LogP contribution >= 0.6 is 27.7 Å². The number of hydrogen-bond acceptors (Lipinski definition) is 3. The number of rotatable bonds is 2. The van der Waals surface area contributed by atoms with E-state index in [9.17, 15) is 0 Å². The van der Waals surface area contributed by atoms with Crippen molar-refractivity contribution in [1.29, 1.82) is 0 Å². The summed E-state index contributed by atoms with van der Waals surface area (Å²) in [6, 6.07) is 4.08. The lowest BCUT2D eigenvalue weighted by molar-refractivity contribution is 0.543. The maximum Gasteiger partial charge on any atom is 0.0964 e. The Labute approximate surface area is 84.3 Å². The van der Waals surface area contributed by atoms with E-state index in [1.807, 2.05) is 30.1 Å². The number of nitrogens with zero attached hydrogens (tertiary/aromatic N) is 1. The smallest absolute Gasteiger partial charge is 0.0964 e. The van der Waals surface area contributed by atoms with Gasteiger partial charge in [-0.3, -0.25) is 0 Å². The molecule has 0 aromatic carbocycles. The highest BCUT2D eigenvalue weighted by Crippen LogP contribution is 2.24. The van der Waals surface area contributed by atoms with Crippen molar-refractivity contribution in [3.05, 3.63) is 22.8 Å². The molecule has 1 aromatic rings. The molecule has 4 heteroatoms. The number of thioether (sulfide) groups is 1. The van der Waals surface area contributed by atoms with Crippen LogP contribution in [-0.4, -0.2) is 23.3 Å². The topological polar surface area (TPSA) is 24.9 Å². The summed E-state index contributed by atoms with van der Waals surface area (Å²) >= 11 is 5.20. The molecular formula is C8H9BrN2S. The molecule has 1 N–H and O–H groups in total. The first-order valence-electron chi connectivity index (χ1n) is 3.83. The van der Waals surface area contributed by atoms with Crippen LogP contribution in [0.2, 0.25) is 0 Å². The van der Waals surface area contributed by atoms with Crippen LogP contribution < -0.4 is 5.32 Å². The van der Waals surface area contributed by atoms with Crippen molar-refractivity contribution in [1.82, 2.24) is 10.3 Å². The minimum absolute atomic E-state index is 0.721. The summed E-state index contributed by atoms with van der Waals surface area (Å²) in [5, 5.41) is 5.07. The van der Waals surface area contributed by atoms with Gasteiger partial charge < -0.3 is 5.32 Å². The monoisotopic (exact) mass is 244 g/mol. The van der Waals surface area contributed by atoms with E-state index in [0.717, 1.165) is 27.8 Å². The summed E-state index contributed by atoms with van der Waals surface area (Å²) in [5.74, 6) is 0. The summed E-state index contributed by atoms with van der Waals surface area (Å²) in [4.78, 5) is 4.29. The average molecular weight is 245 g/mol. The Balaban J connectivity index is 1.98. The zero-order valence-corrected chi connectivity index (χ0v) is 8.86. The molecule has 2 nitrogen and oxygen atoms in total. The first-order chi connectivity index (χ1) is 5.84. The first-order valence-corrected chi connectivity index (χ1v) is 5.51. The standard InChI is InChI=1S/C8H9BrN2S/c9-6-1-2-8(11-3-6)12-7-4-10-5-7/h1-3,7,10H,4-5H2. The number of pyridine rings is 1. The van der Waals surface area contributed by atoms with Crippen LogP contribution in [0.4, 0.5) is 0 Å². The molecule has 0 aliphatic carbocycles. The fraction of sp³-hybridized carbons (Fsp3) is 0.375. The quantitative estimate of drug-likeness (QED) is 0.861. The Morgan fingerprint density at radius 3 is 2.83 bits per heavy atom. The summed E-state index contributed by atoms with van der Waals surface area (Å²) in [6.45, 7) is 2.23. The molecule has 2 heterocycles. The lowest BCUT2D eigenvalue weighted by Crippen LogP contribution is -2.44. The fourth-order valence-corrected chi connectivity index (χ4v) is 2.19. The predicted molar refractivity (Wildman–Crippen MR) is 54.5 cm³/mol. The van der Waals surface area contributed by atoms with E-state index in [4.69, 9.17) is 0 Å². The molecule has 1 aliphatic rings. The molecule has 0 radical (unpaired) electrons. The van der Waals surface area contributed by atoms with Gasteiger partial charge in [-0.2, -0.15) is 0 Å². The van der Waals surface area contributed by atoms with Crippen LogP contribution in [0, 0.1) is 0 Å². The lowest BCUT2D eigenvalue weighted by atomic mass is 10.3. The summed E-state index contributed by atoms with van der Waals surface area (Å²) in [5.41, 5.74) is 0. The van der Waals surface area contributed by atoms with Gasteiger partial charge in [0.2, 0.25) is 0 Å². The maximum atomic E-state index is 4.29. The van der Waals surface area contributed by atoms with E-state index < -0.39 is 0 Å². The van der Waals surface area contributed by atoms with Gasteiger partial charge >= 0.3 is 0 Å². The van der Waals surface area contributed by atoms with Crippen molar-refractivity contribution in [2.24, 2.45) is 0 Å². The van der Waals surface area contributed by atoms with Crippen LogP contribution in [0.15, 0.2) is 27.8 Å². The average Bonchev–Trinajstić information content (AvgIpc) is 2.00. The summed E-state index contributed by atoms with van der Waals surface area (Å²) < 4.78 is 1.04. The molecule has 1 aromatic heterocycles. The van der Waals surface area contributed by atoms with Crippen LogP contribution in [0.3, 0.4) is 0 Å². The Hall–Kier alpha value is -0.0600. The van der Waals surface area contributed by atoms with Gasteiger partial charge in [0, 0.05) is 29.0 Å². The van der Waals surface area contributed by atoms with Gasteiger partial charge in [0.1, 0.15) is 0 Å². The van der Waals surface area contributed by atoms with Gasteiger partial charge in [-0.25, -0.2) is 4.98 Å². The van der Waals surface area contributed by atoms with Gasteiger partial charge in [-0.15, -0.1) is 11.8 Å². The second-order valence-corrected chi connectivity index (χ2v) is 4.95. The van der Waals surface area contributed by atoms with Gasteiger partial charge in [0.15, 0.2) is 0 Å². The molecular weight excluding hydrogens is 236 g/mol. The Bertz CT molecular complexity index is 258. The highest BCUT2D eigenvalue weighted by atomic mass is 79.9. The van der Waals surface area contributed by atoms with Crippen molar-refractivity contribution in [3.63, 3.8) is 0 Å². The van der Waals surface area contributed by atoms with Gasteiger partial charge in [-0.1, -0.05) is 0 Å². The highest BCUT2D eigenvalue weighted by Gasteiger charge is 2.17. The van der Waals surface area contributed by atoms with Crippen molar-refractivity contribution < 1.29 is 0 Å². The molecule has 0 amide bonds. The predicted octanol–water partition coefficient (Wildman–Crippen LogP) is 1.91. The minimum atomic E-state index is 0.721. The SMILES string of the molecule is Brc1ccc(SC2CNC2)nc1. The third-order valence-corrected chi connectivity index (χ3v) is 3.35. The molecule has 0 atom stereocenters. The minimum Gasteiger partial charge on any atom is -0.314 e. The van der Waals surface area contributed by atoms with Crippen molar-refractivity contribution in [2.45, 2.75) is 10.3 Å². The van der Waals surface area contributed by atoms with Gasteiger partial charge in [0.05, 0.1) is 5.03 Å². The van der Waals surface area contributed by atoms with E-state index in [1.165, 1.54) is 0 Å². The molecule has 64 valence electrons. The van der Waals surface area contributed by atoms with Gasteiger partial charge in [-0.05, 0) is 28.1 Å². The van der Waals surface area contributed by atoms with Crippen LogP contribution in [0.5, 0.6) is 0 Å². The van der Waals surface area contributed by atoms with Crippen molar-refractivity contribution in [2.75, 3.05) is 13.1 Å². The number of nitrogens with one attached hydrogen (secondary N) is 1. The van der Waals surface area contributed by atoms with Crippen molar-refractivity contribution in [3.8, 4) is 0 Å². The summed E-state index contributed by atoms with van der Waals surface area (Å²) in [6.07, 6.45) is 1.84. The number of aromatic nitrogens is 1. The molecule has 12 heavy (non-hydrogen) atoms.